The maximum Gasteiger partial charge on any atom is 0.311 e. The summed E-state index contributed by atoms with van der Waals surface area (Å²) in [6.07, 6.45) is 2.00. The summed E-state index contributed by atoms with van der Waals surface area (Å²) in [6.45, 7) is 1.99. The molecular formula is C11H13N3O2S. The Balaban J connectivity index is 2.24. The van der Waals surface area contributed by atoms with Crippen molar-refractivity contribution in [2.75, 3.05) is 7.11 Å². The molecule has 0 N–H and O–H groups in total. The molecule has 0 aliphatic heterocycles. The van der Waals surface area contributed by atoms with Crippen molar-refractivity contribution in [3.8, 4) is 10.6 Å². The summed E-state index contributed by atoms with van der Waals surface area (Å²) < 4.78 is 6.41. The van der Waals surface area contributed by atoms with E-state index in [0.29, 0.717) is 0 Å². The van der Waals surface area contributed by atoms with Gasteiger partial charge in [0.05, 0.1) is 31.0 Å². The number of hydrogen-bond donors (Lipinski definition) is 0. The average molecular weight is 251 g/mol. The Morgan fingerprint density at radius 1 is 1.59 bits per heavy atom. The van der Waals surface area contributed by atoms with E-state index in [1.54, 1.807) is 10.9 Å². The minimum atomic E-state index is -0.273. The van der Waals surface area contributed by atoms with E-state index >= 15 is 0 Å². The molecule has 0 aliphatic rings. The normalized spacial score (nSPS) is 10.5. The van der Waals surface area contributed by atoms with Gasteiger partial charge in [-0.25, -0.2) is 4.98 Å². The summed E-state index contributed by atoms with van der Waals surface area (Å²) in [5.41, 5.74) is 2.80. The van der Waals surface area contributed by atoms with Crippen LogP contribution in [0.5, 0.6) is 0 Å². The zero-order valence-electron chi connectivity index (χ0n) is 9.93. The number of nitrogens with zero attached hydrogens (tertiary/aromatic N) is 3. The zero-order chi connectivity index (χ0) is 12.4. The van der Waals surface area contributed by atoms with Gasteiger partial charge in [-0.05, 0) is 6.92 Å². The monoisotopic (exact) mass is 251 g/mol. The van der Waals surface area contributed by atoms with E-state index in [1.807, 2.05) is 19.4 Å². The Morgan fingerprint density at radius 2 is 2.35 bits per heavy atom. The fraction of sp³-hybridized carbons (Fsp3) is 0.364. The van der Waals surface area contributed by atoms with Gasteiger partial charge in [-0.2, -0.15) is 5.10 Å². The second-order valence-electron chi connectivity index (χ2n) is 3.66. The van der Waals surface area contributed by atoms with Gasteiger partial charge in [0.1, 0.15) is 5.01 Å². The molecule has 5 nitrogen and oxygen atoms in total. The first-order chi connectivity index (χ1) is 8.11. The highest BCUT2D eigenvalue weighted by Gasteiger charge is 2.12. The number of carbonyl (C=O) groups excluding carboxylic acids is 1. The van der Waals surface area contributed by atoms with Gasteiger partial charge in [0, 0.05) is 18.1 Å². The van der Waals surface area contributed by atoms with Gasteiger partial charge in [0.15, 0.2) is 0 Å². The van der Waals surface area contributed by atoms with Crippen molar-refractivity contribution in [2.45, 2.75) is 13.3 Å². The molecular weight excluding hydrogens is 238 g/mol. The van der Waals surface area contributed by atoms with Crippen LogP contribution < -0.4 is 0 Å². The van der Waals surface area contributed by atoms with E-state index in [1.165, 1.54) is 18.4 Å². The second kappa shape index (κ2) is 4.67. The number of carbonyl (C=O) groups is 1. The minimum Gasteiger partial charge on any atom is -0.469 e. The minimum absolute atomic E-state index is 0.215. The highest BCUT2D eigenvalue weighted by molar-refractivity contribution is 7.13. The lowest BCUT2D eigenvalue weighted by atomic mass is 10.3. The number of thiazole rings is 1. The van der Waals surface area contributed by atoms with Crippen molar-refractivity contribution in [3.05, 3.63) is 23.0 Å². The molecule has 2 aromatic rings. The molecule has 0 spiro atoms. The lowest BCUT2D eigenvalue weighted by Crippen LogP contribution is -2.04. The molecule has 2 aromatic heterocycles. The van der Waals surface area contributed by atoms with Crippen molar-refractivity contribution >= 4 is 17.3 Å². The largest absolute Gasteiger partial charge is 0.469 e. The predicted molar refractivity (Wildman–Crippen MR) is 64.8 cm³/mol. The van der Waals surface area contributed by atoms with E-state index in [0.717, 1.165) is 22.0 Å². The number of ether oxygens (including phenoxy) is 1. The van der Waals surface area contributed by atoms with Crippen LogP contribution in [-0.2, 0) is 23.0 Å². The maximum atomic E-state index is 11.1. The van der Waals surface area contributed by atoms with Crippen LogP contribution in [0.4, 0.5) is 0 Å². The predicted octanol–water partition coefficient (Wildman–Crippen LogP) is 1.57. The van der Waals surface area contributed by atoms with Crippen molar-refractivity contribution < 1.29 is 9.53 Å². The molecule has 2 heterocycles. The van der Waals surface area contributed by atoms with E-state index in [4.69, 9.17) is 0 Å². The third-order valence-corrected chi connectivity index (χ3v) is 3.49. The summed E-state index contributed by atoms with van der Waals surface area (Å²) >= 11 is 1.51. The fourth-order valence-corrected chi connectivity index (χ4v) is 2.32. The number of rotatable bonds is 3. The van der Waals surface area contributed by atoms with Gasteiger partial charge in [0.2, 0.25) is 0 Å². The molecule has 0 saturated heterocycles. The third-order valence-electron chi connectivity index (χ3n) is 2.57. The van der Waals surface area contributed by atoms with Crippen LogP contribution in [0.15, 0.2) is 11.6 Å². The molecule has 0 unspecified atom stereocenters. The summed E-state index contributed by atoms with van der Waals surface area (Å²) in [7, 11) is 3.27. The van der Waals surface area contributed by atoms with E-state index < -0.39 is 0 Å². The Morgan fingerprint density at radius 3 is 2.94 bits per heavy atom. The highest BCUT2D eigenvalue weighted by atomic mass is 32.1. The second-order valence-corrected chi connectivity index (χ2v) is 4.52. The number of aryl methyl sites for hydroxylation is 1. The van der Waals surface area contributed by atoms with Gasteiger partial charge >= 0.3 is 5.97 Å². The number of methoxy groups -OCH3 is 1. The third kappa shape index (κ3) is 2.36. The molecule has 6 heteroatoms. The van der Waals surface area contributed by atoms with Crippen LogP contribution >= 0.6 is 11.3 Å². The SMILES string of the molecule is COC(=O)Cc1csc(-c2cnn(C)c2C)n1. The molecule has 0 aliphatic carbocycles. The van der Waals surface area contributed by atoms with Gasteiger partial charge in [-0.1, -0.05) is 0 Å². The van der Waals surface area contributed by atoms with E-state index in [9.17, 15) is 4.79 Å². The Labute approximate surface area is 103 Å². The quantitative estimate of drug-likeness (QED) is 0.777. The van der Waals surface area contributed by atoms with E-state index in [2.05, 4.69) is 14.8 Å². The molecule has 0 aromatic carbocycles. The highest BCUT2D eigenvalue weighted by Crippen LogP contribution is 2.26. The molecule has 0 saturated carbocycles. The summed E-state index contributed by atoms with van der Waals surface area (Å²) in [6, 6.07) is 0. The van der Waals surface area contributed by atoms with Crippen LogP contribution in [0.2, 0.25) is 0 Å². The molecule has 0 atom stereocenters. The topological polar surface area (TPSA) is 57.0 Å². The van der Waals surface area contributed by atoms with Gasteiger partial charge in [0.25, 0.3) is 0 Å². The summed E-state index contributed by atoms with van der Waals surface area (Å²) in [5, 5.41) is 6.93. The number of hydrogen-bond acceptors (Lipinski definition) is 5. The molecule has 17 heavy (non-hydrogen) atoms. The van der Waals surface area contributed by atoms with Gasteiger partial charge in [-0.15, -0.1) is 11.3 Å². The lowest BCUT2D eigenvalue weighted by Gasteiger charge is -1.96. The smallest absolute Gasteiger partial charge is 0.311 e. The summed E-state index contributed by atoms with van der Waals surface area (Å²) in [5.74, 6) is -0.273. The maximum absolute atomic E-state index is 11.1. The van der Waals surface area contributed by atoms with Crippen LogP contribution in [0.3, 0.4) is 0 Å². The Hall–Kier alpha value is -1.69. The van der Waals surface area contributed by atoms with E-state index in [-0.39, 0.29) is 12.4 Å². The number of esters is 1. The number of aromatic nitrogens is 3. The molecule has 0 bridgehead atoms. The first-order valence-electron chi connectivity index (χ1n) is 5.12. The molecule has 0 fully saturated rings. The zero-order valence-corrected chi connectivity index (χ0v) is 10.7. The van der Waals surface area contributed by atoms with Crippen molar-refractivity contribution in [1.29, 1.82) is 0 Å². The summed E-state index contributed by atoms with van der Waals surface area (Å²) in [4.78, 5) is 15.5. The molecule has 2 rings (SSSR count). The Kier molecular flexibility index (Phi) is 3.23. The fourth-order valence-electron chi connectivity index (χ4n) is 1.44. The van der Waals surface area contributed by atoms with Crippen LogP contribution in [-0.4, -0.2) is 27.8 Å². The molecule has 0 radical (unpaired) electrons. The lowest BCUT2D eigenvalue weighted by molar-refractivity contribution is -0.139. The van der Waals surface area contributed by atoms with Crippen molar-refractivity contribution in [2.24, 2.45) is 7.05 Å². The molecule has 90 valence electrons. The van der Waals surface area contributed by atoms with Gasteiger partial charge in [-0.3, -0.25) is 9.48 Å². The standard InChI is InChI=1S/C11H13N3O2S/c1-7-9(5-12-14(7)2)11-13-8(6-17-11)4-10(15)16-3/h5-6H,4H2,1-3H3. The van der Waals surface area contributed by atoms with Crippen LogP contribution in [0, 0.1) is 6.92 Å². The van der Waals surface area contributed by atoms with Crippen molar-refractivity contribution in [1.82, 2.24) is 14.8 Å². The molecule has 0 amide bonds. The van der Waals surface area contributed by atoms with Crippen LogP contribution in [0.1, 0.15) is 11.4 Å². The Bertz CT molecular complexity index is 545. The van der Waals surface area contributed by atoms with Crippen LogP contribution in [0.25, 0.3) is 10.6 Å². The first-order valence-corrected chi connectivity index (χ1v) is 6.00. The van der Waals surface area contributed by atoms with Crippen molar-refractivity contribution in [3.63, 3.8) is 0 Å². The average Bonchev–Trinajstić information content (AvgIpc) is 2.88. The first kappa shape index (κ1) is 11.8. The van der Waals surface area contributed by atoms with Gasteiger partial charge < -0.3 is 4.74 Å².